The molecule has 7 nitrogen and oxygen atoms in total. The topological polar surface area (TPSA) is 88.7 Å². The Balaban J connectivity index is 1.73. The Morgan fingerprint density at radius 1 is 1.22 bits per heavy atom. The smallest absolute Gasteiger partial charge is 0.225 e. The van der Waals surface area contributed by atoms with Crippen molar-refractivity contribution in [1.82, 2.24) is 21.3 Å². The van der Waals surface area contributed by atoms with Crippen molar-refractivity contribution < 1.29 is 9.90 Å². The number of nitrogens with one attached hydrogen (secondary N) is 4. The summed E-state index contributed by atoms with van der Waals surface area (Å²) in [6, 6.07) is 6.27. The maximum absolute atomic E-state index is 12.4. The molecule has 2 rings (SSSR count). The SMILES string of the molecule is CCCC(NCO)N(C(C)=O)c1ccc(CNCCCCNCC2CCNCC2)cc1C. The fourth-order valence-corrected chi connectivity index (χ4v) is 4.48. The normalized spacial score (nSPS) is 15.6. The van der Waals surface area contributed by atoms with Gasteiger partial charge in [0.05, 0.1) is 12.9 Å². The number of amides is 1. The number of piperidine rings is 1. The molecule has 0 saturated carbocycles. The van der Waals surface area contributed by atoms with Gasteiger partial charge in [0.1, 0.15) is 0 Å². The van der Waals surface area contributed by atoms with Gasteiger partial charge >= 0.3 is 0 Å². The lowest BCUT2D eigenvalue weighted by Gasteiger charge is -2.32. The molecule has 1 fully saturated rings. The predicted molar refractivity (Wildman–Crippen MR) is 133 cm³/mol. The molecule has 0 aliphatic carbocycles. The summed E-state index contributed by atoms with van der Waals surface area (Å²) in [5.41, 5.74) is 3.20. The van der Waals surface area contributed by atoms with Crippen LogP contribution in [0.15, 0.2) is 18.2 Å². The van der Waals surface area contributed by atoms with E-state index in [1.807, 2.05) is 13.0 Å². The largest absolute Gasteiger partial charge is 0.381 e. The average molecular weight is 448 g/mol. The number of aryl methyl sites for hydroxylation is 1. The summed E-state index contributed by atoms with van der Waals surface area (Å²) in [5.74, 6) is 0.823. The van der Waals surface area contributed by atoms with E-state index in [0.717, 1.165) is 56.2 Å². The minimum Gasteiger partial charge on any atom is -0.381 e. The highest BCUT2D eigenvalue weighted by Gasteiger charge is 2.23. The molecule has 1 aliphatic heterocycles. The van der Waals surface area contributed by atoms with E-state index in [1.54, 1.807) is 11.8 Å². The van der Waals surface area contributed by atoms with Crippen molar-refractivity contribution in [1.29, 1.82) is 0 Å². The molecule has 1 saturated heterocycles. The summed E-state index contributed by atoms with van der Waals surface area (Å²) in [4.78, 5) is 14.1. The lowest BCUT2D eigenvalue weighted by Crippen LogP contribution is -2.49. The van der Waals surface area contributed by atoms with Crippen LogP contribution in [0.3, 0.4) is 0 Å². The summed E-state index contributed by atoms with van der Waals surface area (Å²) in [5, 5.41) is 22.9. The van der Waals surface area contributed by atoms with Crippen molar-refractivity contribution in [3.63, 3.8) is 0 Å². The summed E-state index contributed by atoms with van der Waals surface area (Å²) in [6.07, 6.45) is 6.47. The number of hydrogen-bond acceptors (Lipinski definition) is 6. The molecule has 0 spiro atoms. The van der Waals surface area contributed by atoms with Gasteiger partial charge in [-0.05, 0) is 94.9 Å². The van der Waals surface area contributed by atoms with Gasteiger partial charge in [-0.15, -0.1) is 0 Å². The van der Waals surface area contributed by atoms with E-state index in [9.17, 15) is 9.90 Å². The van der Waals surface area contributed by atoms with Crippen LogP contribution >= 0.6 is 0 Å². The zero-order valence-corrected chi connectivity index (χ0v) is 20.4. The second-order valence-electron chi connectivity index (χ2n) is 8.96. The minimum absolute atomic E-state index is 0.0212. The number of carbonyl (C=O) groups is 1. The number of nitrogens with zero attached hydrogens (tertiary/aromatic N) is 1. The van der Waals surface area contributed by atoms with E-state index < -0.39 is 0 Å². The van der Waals surface area contributed by atoms with E-state index in [0.29, 0.717) is 0 Å². The number of hydrogen-bond donors (Lipinski definition) is 5. The van der Waals surface area contributed by atoms with Crippen molar-refractivity contribution in [2.24, 2.45) is 5.92 Å². The number of aliphatic hydroxyl groups excluding tert-OH is 1. The van der Waals surface area contributed by atoms with E-state index in [4.69, 9.17) is 0 Å². The molecular formula is C25H45N5O2. The molecule has 0 bridgehead atoms. The minimum atomic E-state index is -0.200. The highest BCUT2D eigenvalue weighted by Crippen LogP contribution is 2.24. The van der Waals surface area contributed by atoms with E-state index in [2.05, 4.69) is 40.3 Å². The van der Waals surface area contributed by atoms with Crippen LogP contribution in [0.25, 0.3) is 0 Å². The molecule has 1 heterocycles. The standard InChI is InChI=1S/C25H45N5O2/c1-4-7-25(29-19-31)30(21(3)32)24-9-8-23(16-20(24)2)18-28-13-6-5-12-27-17-22-10-14-26-15-11-22/h8-9,16,22,25-29,31H,4-7,10-15,17-19H2,1-3H3. The monoisotopic (exact) mass is 447 g/mol. The second kappa shape index (κ2) is 15.3. The number of anilines is 1. The first-order valence-corrected chi connectivity index (χ1v) is 12.4. The van der Waals surface area contributed by atoms with Gasteiger partial charge in [0.25, 0.3) is 0 Å². The van der Waals surface area contributed by atoms with Crippen molar-refractivity contribution in [2.75, 3.05) is 44.4 Å². The fraction of sp³-hybridized carbons (Fsp3) is 0.720. The van der Waals surface area contributed by atoms with Gasteiger partial charge in [0.2, 0.25) is 5.91 Å². The van der Waals surface area contributed by atoms with Gasteiger partial charge in [0, 0.05) is 19.2 Å². The Morgan fingerprint density at radius 2 is 1.94 bits per heavy atom. The molecule has 32 heavy (non-hydrogen) atoms. The third kappa shape index (κ3) is 9.16. The van der Waals surface area contributed by atoms with Crippen LogP contribution in [0.1, 0.15) is 63.5 Å². The van der Waals surface area contributed by atoms with Gasteiger partial charge in [-0.2, -0.15) is 0 Å². The average Bonchev–Trinajstić information content (AvgIpc) is 2.78. The number of benzene rings is 1. The molecule has 1 aromatic carbocycles. The predicted octanol–water partition coefficient (Wildman–Crippen LogP) is 2.47. The molecular weight excluding hydrogens is 402 g/mol. The van der Waals surface area contributed by atoms with Crippen LogP contribution in [0, 0.1) is 12.8 Å². The molecule has 1 aromatic rings. The molecule has 1 amide bonds. The quantitative estimate of drug-likeness (QED) is 0.210. The maximum atomic E-state index is 12.4. The summed E-state index contributed by atoms with van der Waals surface area (Å²) < 4.78 is 0. The zero-order chi connectivity index (χ0) is 23.2. The summed E-state index contributed by atoms with van der Waals surface area (Å²) in [7, 11) is 0. The van der Waals surface area contributed by atoms with Crippen LogP contribution in [0.4, 0.5) is 5.69 Å². The second-order valence-corrected chi connectivity index (χ2v) is 8.96. The van der Waals surface area contributed by atoms with Crippen LogP contribution < -0.4 is 26.2 Å². The first kappa shape index (κ1) is 26.7. The molecule has 7 heteroatoms. The molecule has 1 unspecified atom stereocenters. The Morgan fingerprint density at radius 3 is 2.56 bits per heavy atom. The summed E-state index contributed by atoms with van der Waals surface area (Å²) >= 11 is 0. The van der Waals surface area contributed by atoms with E-state index in [1.165, 1.54) is 44.3 Å². The van der Waals surface area contributed by atoms with Crippen molar-refractivity contribution >= 4 is 11.6 Å². The van der Waals surface area contributed by atoms with Crippen molar-refractivity contribution in [3.05, 3.63) is 29.3 Å². The van der Waals surface area contributed by atoms with Crippen LogP contribution in [0.5, 0.6) is 0 Å². The van der Waals surface area contributed by atoms with Crippen LogP contribution in [-0.4, -0.2) is 56.6 Å². The third-order valence-electron chi connectivity index (χ3n) is 6.24. The number of unbranched alkanes of at least 4 members (excludes halogenated alkanes) is 1. The van der Waals surface area contributed by atoms with Crippen LogP contribution in [0.2, 0.25) is 0 Å². The Kier molecular flexibility index (Phi) is 12.8. The van der Waals surface area contributed by atoms with Gasteiger partial charge in [-0.3, -0.25) is 15.0 Å². The zero-order valence-electron chi connectivity index (χ0n) is 20.4. The van der Waals surface area contributed by atoms with Crippen molar-refractivity contribution in [2.45, 2.75) is 72.0 Å². The third-order valence-corrected chi connectivity index (χ3v) is 6.24. The van der Waals surface area contributed by atoms with Crippen LogP contribution in [-0.2, 0) is 11.3 Å². The maximum Gasteiger partial charge on any atom is 0.225 e. The molecule has 182 valence electrons. The lowest BCUT2D eigenvalue weighted by atomic mass is 9.98. The molecule has 5 N–H and O–H groups in total. The molecule has 1 aliphatic rings. The highest BCUT2D eigenvalue weighted by atomic mass is 16.3. The molecule has 0 aromatic heterocycles. The van der Waals surface area contributed by atoms with Gasteiger partial charge in [-0.25, -0.2) is 0 Å². The van der Waals surface area contributed by atoms with Gasteiger partial charge in [0.15, 0.2) is 0 Å². The highest BCUT2D eigenvalue weighted by molar-refractivity contribution is 5.92. The van der Waals surface area contributed by atoms with E-state index >= 15 is 0 Å². The Bertz CT molecular complexity index is 658. The number of rotatable bonds is 15. The Labute approximate surface area is 194 Å². The Hall–Kier alpha value is -1.51. The van der Waals surface area contributed by atoms with Gasteiger partial charge < -0.3 is 21.1 Å². The molecule has 1 atom stereocenters. The molecule has 0 radical (unpaired) electrons. The van der Waals surface area contributed by atoms with Gasteiger partial charge in [-0.1, -0.05) is 25.5 Å². The van der Waals surface area contributed by atoms with E-state index in [-0.39, 0.29) is 18.8 Å². The fourth-order valence-electron chi connectivity index (χ4n) is 4.48. The number of aliphatic hydroxyl groups is 1. The van der Waals surface area contributed by atoms with Crippen molar-refractivity contribution in [3.8, 4) is 0 Å². The first-order chi connectivity index (χ1) is 15.6. The lowest BCUT2D eigenvalue weighted by molar-refractivity contribution is -0.117. The number of carbonyl (C=O) groups excluding carboxylic acids is 1. The first-order valence-electron chi connectivity index (χ1n) is 12.4. The summed E-state index contributed by atoms with van der Waals surface area (Å²) in [6.45, 7) is 12.0.